The standard InChI is InChI=1S/C20H9Cl3O3/c21-13-9-12-16(18(23)17(13)22)19(24)26-20(12)10-5-1-3-7-14(10)25-15-8-4-2-6-11(15)20/h1-9H. The number of para-hydroxylation sites is 2. The highest BCUT2D eigenvalue weighted by Gasteiger charge is 2.54. The largest absolute Gasteiger partial charge is 0.456 e. The fourth-order valence-electron chi connectivity index (χ4n) is 3.67. The van der Waals surface area contributed by atoms with Crippen molar-refractivity contribution in [3.8, 4) is 11.5 Å². The molecule has 0 N–H and O–H groups in total. The summed E-state index contributed by atoms with van der Waals surface area (Å²) < 4.78 is 12.0. The summed E-state index contributed by atoms with van der Waals surface area (Å²) in [6.45, 7) is 0. The van der Waals surface area contributed by atoms with Crippen molar-refractivity contribution in [3.05, 3.63) is 91.9 Å². The van der Waals surface area contributed by atoms with Crippen LogP contribution in [0.2, 0.25) is 15.1 Å². The van der Waals surface area contributed by atoms with Crippen molar-refractivity contribution in [2.45, 2.75) is 5.60 Å². The number of carbonyl (C=O) groups excluding carboxylic acids is 1. The van der Waals surface area contributed by atoms with Gasteiger partial charge in [0.15, 0.2) is 5.60 Å². The van der Waals surface area contributed by atoms with Gasteiger partial charge in [-0.05, 0) is 18.2 Å². The van der Waals surface area contributed by atoms with Crippen LogP contribution >= 0.6 is 34.8 Å². The Morgan fingerprint density at radius 2 is 1.35 bits per heavy atom. The van der Waals surface area contributed by atoms with Crippen LogP contribution in [-0.2, 0) is 10.3 Å². The van der Waals surface area contributed by atoms with Gasteiger partial charge >= 0.3 is 5.97 Å². The predicted octanol–water partition coefficient (Wildman–Crippen LogP) is 6.21. The third kappa shape index (κ3) is 1.88. The van der Waals surface area contributed by atoms with Crippen molar-refractivity contribution in [1.29, 1.82) is 0 Å². The Hall–Kier alpha value is -2.20. The molecular formula is C20H9Cl3O3. The molecular weight excluding hydrogens is 395 g/mol. The molecule has 3 aromatic rings. The van der Waals surface area contributed by atoms with Crippen LogP contribution in [0.25, 0.3) is 0 Å². The van der Waals surface area contributed by atoms with Crippen LogP contribution in [-0.4, -0.2) is 5.97 Å². The van der Waals surface area contributed by atoms with Crippen LogP contribution in [0.15, 0.2) is 54.6 Å². The second kappa shape index (κ2) is 5.40. The summed E-state index contributed by atoms with van der Waals surface area (Å²) in [6.07, 6.45) is 0. The molecule has 3 nitrogen and oxygen atoms in total. The van der Waals surface area contributed by atoms with E-state index >= 15 is 0 Å². The Kier molecular flexibility index (Phi) is 3.32. The lowest BCUT2D eigenvalue weighted by Gasteiger charge is -2.36. The lowest BCUT2D eigenvalue weighted by atomic mass is 9.78. The second-order valence-corrected chi connectivity index (χ2v) is 7.24. The summed E-state index contributed by atoms with van der Waals surface area (Å²) in [5.41, 5.74) is 1.02. The van der Waals surface area contributed by atoms with E-state index in [4.69, 9.17) is 44.3 Å². The van der Waals surface area contributed by atoms with Crippen molar-refractivity contribution in [2.75, 3.05) is 0 Å². The number of carbonyl (C=O) groups is 1. The van der Waals surface area contributed by atoms with Gasteiger partial charge in [0.05, 0.1) is 20.6 Å². The Labute approximate surface area is 164 Å². The summed E-state index contributed by atoms with van der Waals surface area (Å²) >= 11 is 18.8. The Bertz CT molecular complexity index is 1060. The maximum atomic E-state index is 12.8. The molecule has 26 heavy (non-hydrogen) atoms. The van der Waals surface area contributed by atoms with Gasteiger partial charge in [-0.2, -0.15) is 0 Å². The molecule has 0 fully saturated rings. The minimum Gasteiger partial charge on any atom is -0.456 e. The molecule has 2 aliphatic heterocycles. The number of ether oxygens (including phenoxy) is 2. The number of benzene rings is 3. The van der Waals surface area contributed by atoms with Crippen molar-refractivity contribution >= 4 is 40.8 Å². The number of fused-ring (bicyclic) bond motifs is 6. The molecule has 2 aliphatic rings. The van der Waals surface area contributed by atoms with Gasteiger partial charge in [0.2, 0.25) is 0 Å². The van der Waals surface area contributed by atoms with E-state index in [9.17, 15) is 4.79 Å². The molecule has 0 radical (unpaired) electrons. The van der Waals surface area contributed by atoms with Gasteiger partial charge in [0, 0.05) is 16.7 Å². The summed E-state index contributed by atoms with van der Waals surface area (Å²) in [7, 11) is 0. The normalized spacial score (nSPS) is 15.7. The first-order chi connectivity index (χ1) is 12.5. The van der Waals surface area contributed by atoms with E-state index in [-0.39, 0.29) is 20.6 Å². The first kappa shape index (κ1) is 16.0. The van der Waals surface area contributed by atoms with Crippen molar-refractivity contribution in [2.24, 2.45) is 0 Å². The molecule has 0 bridgehead atoms. The van der Waals surface area contributed by atoms with Gasteiger partial charge < -0.3 is 9.47 Å². The predicted molar refractivity (Wildman–Crippen MR) is 99.7 cm³/mol. The van der Waals surface area contributed by atoms with E-state index in [1.54, 1.807) is 6.07 Å². The molecule has 1 spiro atoms. The summed E-state index contributed by atoms with van der Waals surface area (Å²) in [5, 5.41) is 0.488. The van der Waals surface area contributed by atoms with Gasteiger partial charge in [-0.3, -0.25) is 0 Å². The summed E-state index contributed by atoms with van der Waals surface area (Å²) in [5.74, 6) is 0.665. The summed E-state index contributed by atoms with van der Waals surface area (Å²) in [6, 6.07) is 16.5. The smallest absolute Gasteiger partial charge is 0.341 e. The van der Waals surface area contributed by atoms with Gasteiger partial charge in [-0.15, -0.1) is 0 Å². The Morgan fingerprint density at radius 1 is 0.769 bits per heavy atom. The Morgan fingerprint density at radius 3 is 1.96 bits per heavy atom. The first-order valence-corrected chi connectivity index (χ1v) is 8.95. The number of rotatable bonds is 0. The lowest BCUT2D eigenvalue weighted by Crippen LogP contribution is -2.32. The zero-order valence-electron chi connectivity index (χ0n) is 13.1. The van der Waals surface area contributed by atoms with Crippen molar-refractivity contribution in [3.63, 3.8) is 0 Å². The topological polar surface area (TPSA) is 35.5 Å². The Balaban J connectivity index is 1.95. The maximum absolute atomic E-state index is 12.8. The summed E-state index contributed by atoms with van der Waals surface area (Å²) in [4.78, 5) is 12.8. The van der Waals surface area contributed by atoms with E-state index in [1.807, 2.05) is 48.5 Å². The van der Waals surface area contributed by atoms with Crippen molar-refractivity contribution in [1.82, 2.24) is 0 Å². The third-order valence-electron chi connectivity index (χ3n) is 4.74. The number of halogens is 3. The minimum absolute atomic E-state index is 0.0949. The van der Waals surface area contributed by atoms with Crippen molar-refractivity contribution < 1.29 is 14.3 Å². The molecule has 0 unspecified atom stereocenters. The monoisotopic (exact) mass is 402 g/mol. The van der Waals surface area contributed by atoms with Gasteiger partial charge in [0.25, 0.3) is 0 Å². The molecule has 0 aromatic heterocycles. The lowest BCUT2D eigenvalue weighted by molar-refractivity contribution is 0.0224. The molecule has 0 saturated carbocycles. The highest BCUT2D eigenvalue weighted by molar-refractivity contribution is 6.49. The fourth-order valence-corrected chi connectivity index (χ4v) is 4.36. The molecule has 0 amide bonds. The van der Waals surface area contributed by atoms with E-state index < -0.39 is 11.6 Å². The van der Waals surface area contributed by atoms with Crippen LogP contribution in [0.1, 0.15) is 27.0 Å². The number of hydrogen-bond acceptors (Lipinski definition) is 3. The molecule has 5 rings (SSSR count). The van der Waals surface area contributed by atoms with E-state index in [1.165, 1.54) is 0 Å². The maximum Gasteiger partial charge on any atom is 0.341 e. The van der Waals surface area contributed by atoms with Gasteiger partial charge in [-0.25, -0.2) is 4.79 Å². The fraction of sp³-hybridized carbons (Fsp3) is 0.0500. The third-order valence-corrected chi connectivity index (χ3v) is 6.01. The zero-order chi connectivity index (χ0) is 18.1. The highest BCUT2D eigenvalue weighted by atomic mass is 35.5. The van der Waals surface area contributed by atoms with Crippen LogP contribution < -0.4 is 4.74 Å². The van der Waals surface area contributed by atoms with E-state index in [2.05, 4.69) is 0 Å². The quantitative estimate of drug-likeness (QED) is 0.330. The van der Waals surface area contributed by atoms with Crippen LogP contribution in [0.5, 0.6) is 11.5 Å². The number of hydrogen-bond donors (Lipinski definition) is 0. The molecule has 128 valence electrons. The van der Waals surface area contributed by atoms with Crippen LogP contribution in [0, 0.1) is 0 Å². The molecule has 2 heterocycles. The van der Waals surface area contributed by atoms with E-state index in [0.29, 0.717) is 28.2 Å². The molecule has 0 atom stereocenters. The van der Waals surface area contributed by atoms with Gasteiger partial charge in [0.1, 0.15) is 11.5 Å². The SMILES string of the molecule is O=C1OC2(c3ccccc3Oc3ccccc32)c2cc(Cl)c(Cl)c(Cl)c21. The average molecular weight is 404 g/mol. The average Bonchev–Trinajstić information content (AvgIpc) is 2.93. The minimum atomic E-state index is -1.18. The highest BCUT2D eigenvalue weighted by Crippen LogP contribution is 2.57. The zero-order valence-corrected chi connectivity index (χ0v) is 15.3. The molecule has 0 aliphatic carbocycles. The molecule has 6 heteroatoms. The molecule has 3 aromatic carbocycles. The van der Waals surface area contributed by atoms with Gasteiger partial charge in [-0.1, -0.05) is 71.2 Å². The number of esters is 1. The first-order valence-electron chi connectivity index (χ1n) is 7.82. The van der Waals surface area contributed by atoms with Crippen LogP contribution in [0.4, 0.5) is 0 Å². The second-order valence-electron chi connectivity index (χ2n) is 6.07. The molecule has 0 saturated heterocycles. The van der Waals surface area contributed by atoms with Crippen LogP contribution in [0.3, 0.4) is 0 Å². The van der Waals surface area contributed by atoms with E-state index in [0.717, 1.165) is 0 Å².